The van der Waals surface area contributed by atoms with E-state index >= 15 is 0 Å². The SMILES string of the molecule is CC(C)C1CN(CCOCC(F)(F)F)CCN1. The van der Waals surface area contributed by atoms with Gasteiger partial charge in [0.15, 0.2) is 0 Å². The molecule has 1 rings (SSSR count). The molecule has 1 saturated heterocycles. The highest BCUT2D eigenvalue weighted by molar-refractivity contribution is 4.80. The van der Waals surface area contributed by atoms with Gasteiger partial charge in [-0.25, -0.2) is 0 Å². The zero-order valence-corrected chi connectivity index (χ0v) is 10.4. The Labute approximate surface area is 100 Å². The lowest BCUT2D eigenvalue weighted by Gasteiger charge is -2.35. The second-order valence-corrected chi connectivity index (χ2v) is 4.77. The summed E-state index contributed by atoms with van der Waals surface area (Å²) < 4.78 is 40.1. The third kappa shape index (κ3) is 6.24. The van der Waals surface area contributed by atoms with Gasteiger partial charge in [0.25, 0.3) is 0 Å². The fraction of sp³-hybridized carbons (Fsp3) is 1.00. The highest BCUT2D eigenvalue weighted by Gasteiger charge is 2.27. The van der Waals surface area contributed by atoms with E-state index in [9.17, 15) is 13.2 Å². The molecule has 3 nitrogen and oxygen atoms in total. The van der Waals surface area contributed by atoms with E-state index in [4.69, 9.17) is 0 Å². The molecule has 1 fully saturated rings. The number of ether oxygens (including phenoxy) is 1. The summed E-state index contributed by atoms with van der Waals surface area (Å²) >= 11 is 0. The first kappa shape index (κ1) is 14.7. The summed E-state index contributed by atoms with van der Waals surface area (Å²) in [6, 6.07) is 0.423. The summed E-state index contributed by atoms with van der Waals surface area (Å²) in [5, 5.41) is 3.40. The lowest BCUT2D eigenvalue weighted by molar-refractivity contribution is -0.174. The number of halogens is 3. The molecular formula is C11H21F3N2O. The third-order valence-corrected chi connectivity index (χ3v) is 2.91. The summed E-state index contributed by atoms with van der Waals surface area (Å²) in [6.07, 6.45) is -4.22. The molecule has 6 heteroatoms. The van der Waals surface area contributed by atoms with Crippen LogP contribution in [0.25, 0.3) is 0 Å². The van der Waals surface area contributed by atoms with Crippen molar-refractivity contribution in [1.82, 2.24) is 10.2 Å². The zero-order chi connectivity index (χ0) is 12.9. The maximum atomic E-state index is 11.8. The Kier molecular flexibility index (Phi) is 5.69. The van der Waals surface area contributed by atoms with Gasteiger partial charge >= 0.3 is 6.18 Å². The molecule has 0 aromatic rings. The minimum Gasteiger partial charge on any atom is -0.371 e. The quantitative estimate of drug-likeness (QED) is 0.752. The number of rotatable bonds is 5. The van der Waals surface area contributed by atoms with Crippen LogP contribution in [0, 0.1) is 5.92 Å². The molecule has 1 atom stereocenters. The maximum Gasteiger partial charge on any atom is 0.411 e. The molecule has 1 aliphatic heterocycles. The molecule has 102 valence electrons. The van der Waals surface area contributed by atoms with Crippen molar-refractivity contribution in [2.45, 2.75) is 26.1 Å². The van der Waals surface area contributed by atoms with Crippen LogP contribution in [0.4, 0.5) is 13.2 Å². The number of nitrogens with one attached hydrogen (secondary N) is 1. The molecule has 0 aromatic heterocycles. The number of alkyl halides is 3. The number of hydrogen-bond donors (Lipinski definition) is 1. The Morgan fingerprint density at radius 2 is 2.12 bits per heavy atom. The van der Waals surface area contributed by atoms with Crippen LogP contribution in [0.5, 0.6) is 0 Å². The summed E-state index contributed by atoms with van der Waals surface area (Å²) in [7, 11) is 0. The average molecular weight is 254 g/mol. The van der Waals surface area contributed by atoms with E-state index in [1.807, 2.05) is 0 Å². The Morgan fingerprint density at radius 3 is 2.71 bits per heavy atom. The van der Waals surface area contributed by atoms with Gasteiger partial charge in [0.2, 0.25) is 0 Å². The van der Waals surface area contributed by atoms with Crippen LogP contribution < -0.4 is 5.32 Å². The largest absolute Gasteiger partial charge is 0.411 e. The molecule has 1 unspecified atom stereocenters. The fourth-order valence-corrected chi connectivity index (χ4v) is 1.87. The van der Waals surface area contributed by atoms with Crippen LogP contribution in [0.2, 0.25) is 0 Å². The first-order chi connectivity index (χ1) is 7.88. The number of piperazine rings is 1. The molecule has 0 amide bonds. The summed E-state index contributed by atoms with van der Waals surface area (Å²) in [5.74, 6) is 0.536. The van der Waals surface area contributed by atoms with Crippen molar-refractivity contribution in [2.24, 2.45) is 5.92 Å². The molecule has 0 radical (unpaired) electrons. The number of hydrogen-bond acceptors (Lipinski definition) is 3. The van der Waals surface area contributed by atoms with Crippen LogP contribution >= 0.6 is 0 Å². The van der Waals surface area contributed by atoms with Gasteiger partial charge in [-0.05, 0) is 5.92 Å². The molecule has 0 aliphatic carbocycles. The van der Waals surface area contributed by atoms with Crippen molar-refractivity contribution in [2.75, 3.05) is 39.4 Å². The summed E-state index contributed by atoms with van der Waals surface area (Å²) in [6.45, 7) is 6.49. The van der Waals surface area contributed by atoms with Gasteiger partial charge in [-0.1, -0.05) is 13.8 Å². The summed E-state index contributed by atoms with van der Waals surface area (Å²) in [4.78, 5) is 2.15. The minimum atomic E-state index is -4.22. The van der Waals surface area contributed by atoms with Crippen molar-refractivity contribution >= 4 is 0 Å². The molecule has 0 aromatic carbocycles. The van der Waals surface area contributed by atoms with E-state index in [0.29, 0.717) is 18.5 Å². The molecular weight excluding hydrogens is 233 g/mol. The van der Waals surface area contributed by atoms with Gasteiger partial charge in [0.05, 0.1) is 6.61 Å². The zero-order valence-electron chi connectivity index (χ0n) is 10.4. The standard InChI is InChI=1S/C11H21F3N2O/c1-9(2)10-7-16(4-3-15-10)5-6-17-8-11(12,13)14/h9-10,15H,3-8H2,1-2H3. The lowest BCUT2D eigenvalue weighted by Crippen LogP contribution is -2.53. The van der Waals surface area contributed by atoms with Gasteiger partial charge in [0, 0.05) is 32.2 Å². The Bertz CT molecular complexity index is 221. The monoisotopic (exact) mass is 254 g/mol. The van der Waals surface area contributed by atoms with Gasteiger partial charge in [-0.3, -0.25) is 4.90 Å². The molecule has 0 spiro atoms. The first-order valence-corrected chi connectivity index (χ1v) is 5.99. The molecule has 0 bridgehead atoms. The third-order valence-electron chi connectivity index (χ3n) is 2.91. The second kappa shape index (κ2) is 6.56. The predicted molar refractivity (Wildman–Crippen MR) is 59.9 cm³/mol. The van der Waals surface area contributed by atoms with E-state index in [2.05, 4.69) is 28.8 Å². The minimum absolute atomic E-state index is 0.143. The van der Waals surface area contributed by atoms with Crippen molar-refractivity contribution in [3.8, 4) is 0 Å². The van der Waals surface area contributed by atoms with Gasteiger partial charge in [0.1, 0.15) is 6.61 Å². The van der Waals surface area contributed by atoms with Crippen molar-refractivity contribution in [1.29, 1.82) is 0 Å². The molecule has 1 heterocycles. The van der Waals surface area contributed by atoms with E-state index in [-0.39, 0.29) is 6.61 Å². The lowest BCUT2D eigenvalue weighted by atomic mass is 10.0. The van der Waals surface area contributed by atoms with Crippen LogP contribution in [0.1, 0.15) is 13.8 Å². The molecule has 1 N–H and O–H groups in total. The van der Waals surface area contributed by atoms with E-state index < -0.39 is 12.8 Å². The highest BCUT2D eigenvalue weighted by atomic mass is 19.4. The van der Waals surface area contributed by atoms with Crippen LogP contribution in [-0.4, -0.2) is 56.5 Å². The Morgan fingerprint density at radius 1 is 1.41 bits per heavy atom. The average Bonchev–Trinajstić information content (AvgIpc) is 2.23. The molecule has 17 heavy (non-hydrogen) atoms. The van der Waals surface area contributed by atoms with E-state index in [0.717, 1.165) is 19.6 Å². The Balaban J connectivity index is 2.15. The highest BCUT2D eigenvalue weighted by Crippen LogP contribution is 2.14. The van der Waals surface area contributed by atoms with E-state index in [1.54, 1.807) is 0 Å². The normalized spacial score (nSPS) is 23.3. The Hall–Kier alpha value is -0.330. The fourth-order valence-electron chi connectivity index (χ4n) is 1.87. The van der Waals surface area contributed by atoms with Crippen molar-refractivity contribution in [3.63, 3.8) is 0 Å². The van der Waals surface area contributed by atoms with Crippen molar-refractivity contribution in [3.05, 3.63) is 0 Å². The first-order valence-electron chi connectivity index (χ1n) is 5.99. The van der Waals surface area contributed by atoms with Gasteiger partial charge < -0.3 is 10.1 Å². The number of nitrogens with zero attached hydrogens (tertiary/aromatic N) is 1. The van der Waals surface area contributed by atoms with Gasteiger partial charge in [-0.2, -0.15) is 13.2 Å². The molecule has 0 saturated carbocycles. The molecule has 1 aliphatic rings. The van der Waals surface area contributed by atoms with Crippen molar-refractivity contribution < 1.29 is 17.9 Å². The van der Waals surface area contributed by atoms with Crippen LogP contribution in [-0.2, 0) is 4.74 Å². The second-order valence-electron chi connectivity index (χ2n) is 4.77. The van der Waals surface area contributed by atoms with Crippen LogP contribution in [0.3, 0.4) is 0 Å². The van der Waals surface area contributed by atoms with Crippen LogP contribution in [0.15, 0.2) is 0 Å². The van der Waals surface area contributed by atoms with Gasteiger partial charge in [-0.15, -0.1) is 0 Å². The maximum absolute atomic E-state index is 11.8. The van der Waals surface area contributed by atoms with E-state index in [1.165, 1.54) is 0 Å². The predicted octanol–water partition coefficient (Wildman–Crippen LogP) is 1.50. The topological polar surface area (TPSA) is 24.5 Å². The smallest absolute Gasteiger partial charge is 0.371 e. The summed E-state index contributed by atoms with van der Waals surface area (Å²) in [5.41, 5.74) is 0.